The van der Waals surface area contributed by atoms with E-state index in [0.29, 0.717) is 24.6 Å². The van der Waals surface area contributed by atoms with Crippen LogP contribution in [0.2, 0.25) is 0 Å². The van der Waals surface area contributed by atoms with Crippen molar-refractivity contribution in [1.82, 2.24) is 9.97 Å². The van der Waals surface area contributed by atoms with Crippen LogP contribution in [-0.2, 0) is 4.79 Å². The molecule has 15 heavy (non-hydrogen) atoms. The zero-order valence-corrected chi connectivity index (χ0v) is 7.92. The first-order valence-electron chi connectivity index (χ1n) is 4.47. The maximum Gasteiger partial charge on any atom is 0.310 e. The second kappa shape index (κ2) is 3.58. The second-order valence-corrected chi connectivity index (χ2v) is 3.36. The van der Waals surface area contributed by atoms with Gasteiger partial charge < -0.3 is 10.0 Å². The van der Waals surface area contributed by atoms with E-state index in [2.05, 4.69) is 15.9 Å². The van der Waals surface area contributed by atoms with E-state index < -0.39 is 5.97 Å². The maximum atomic E-state index is 10.6. The van der Waals surface area contributed by atoms with Crippen LogP contribution in [0.5, 0.6) is 0 Å². The highest BCUT2D eigenvalue weighted by molar-refractivity contribution is 5.73. The molecule has 1 aliphatic rings. The molecule has 76 valence electrons. The molecule has 5 nitrogen and oxygen atoms in total. The normalized spacial score (nSPS) is 15.5. The van der Waals surface area contributed by atoms with E-state index in [4.69, 9.17) is 11.5 Å². The van der Waals surface area contributed by atoms with Crippen molar-refractivity contribution in [2.45, 2.75) is 0 Å². The number of rotatable bonds is 2. The van der Waals surface area contributed by atoms with Crippen molar-refractivity contribution in [3.8, 4) is 12.3 Å². The molecular weight excluding hydrogens is 194 g/mol. The summed E-state index contributed by atoms with van der Waals surface area (Å²) in [6, 6.07) is 0. The Morgan fingerprint density at radius 3 is 2.60 bits per heavy atom. The van der Waals surface area contributed by atoms with E-state index in [1.54, 1.807) is 17.3 Å². The summed E-state index contributed by atoms with van der Waals surface area (Å²) in [5, 5.41) is 8.69. The van der Waals surface area contributed by atoms with Gasteiger partial charge in [-0.2, -0.15) is 0 Å². The highest BCUT2D eigenvalue weighted by Gasteiger charge is 2.33. The molecule has 0 unspecified atom stereocenters. The predicted molar refractivity (Wildman–Crippen MR) is 53.3 cm³/mol. The Hall–Kier alpha value is -2.09. The van der Waals surface area contributed by atoms with Gasteiger partial charge in [-0.3, -0.25) is 4.79 Å². The molecule has 2 heterocycles. The zero-order chi connectivity index (χ0) is 10.8. The number of hydrogen-bond acceptors (Lipinski definition) is 4. The molecule has 1 aliphatic heterocycles. The van der Waals surface area contributed by atoms with Gasteiger partial charge in [0, 0.05) is 25.5 Å². The zero-order valence-electron chi connectivity index (χ0n) is 7.92. The summed E-state index contributed by atoms with van der Waals surface area (Å²) < 4.78 is 0. The number of hydrogen-bond donors (Lipinski definition) is 1. The van der Waals surface area contributed by atoms with Gasteiger partial charge >= 0.3 is 5.97 Å². The topological polar surface area (TPSA) is 66.3 Å². The van der Waals surface area contributed by atoms with Crippen LogP contribution < -0.4 is 4.90 Å². The first-order valence-corrected chi connectivity index (χ1v) is 4.47. The van der Waals surface area contributed by atoms with Crippen molar-refractivity contribution in [2.24, 2.45) is 5.92 Å². The molecule has 1 saturated heterocycles. The van der Waals surface area contributed by atoms with Crippen LogP contribution in [0.25, 0.3) is 0 Å². The van der Waals surface area contributed by atoms with Crippen LogP contribution in [0.4, 0.5) is 5.95 Å². The summed E-state index contributed by atoms with van der Waals surface area (Å²) >= 11 is 0. The molecule has 0 spiro atoms. The fourth-order valence-electron chi connectivity index (χ4n) is 1.36. The van der Waals surface area contributed by atoms with E-state index in [1.807, 2.05) is 0 Å². The summed E-state index contributed by atoms with van der Waals surface area (Å²) in [6.07, 6.45) is 8.27. The van der Waals surface area contributed by atoms with Crippen molar-refractivity contribution in [1.29, 1.82) is 0 Å². The molecule has 0 atom stereocenters. The standard InChI is InChI=1S/C10H9N3O2/c1-2-7-3-11-10(12-4-7)13-5-8(6-13)9(14)15/h1,3-4,8H,5-6H2,(H,14,15). The van der Waals surface area contributed by atoms with E-state index >= 15 is 0 Å². The highest BCUT2D eigenvalue weighted by atomic mass is 16.4. The van der Waals surface area contributed by atoms with Gasteiger partial charge in [0.15, 0.2) is 0 Å². The first-order chi connectivity index (χ1) is 7.20. The maximum absolute atomic E-state index is 10.6. The SMILES string of the molecule is C#Cc1cnc(N2CC(C(=O)O)C2)nc1. The third-order valence-electron chi connectivity index (χ3n) is 2.32. The lowest BCUT2D eigenvalue weighted by molar-refractivity contribution is -0.142. The van der Waals surface area contributed by atoms with Gasteiger partial charge in [-0.15, -0.1) is 6.42 Å². The van der Waals surface area contributed by atoms with E-state index in [1.165, 1.54) is 0 Å². The second-order valence-electron chi connectivity index (χ2n) is 3.36. The molecule has 1 aromatic heterocycles. The number of carbonyl (C=O) groups is 1. The van der Waals surface area contributed by atoms with Gasteiger partial charge in [-0.05, 0) is 0 Å². The summed E-state index contributed by atoms with van der Waals surface area (Å²) in [7, 11) is 0. The van der Waals surface area contributed by atoms with Gasteiger partial charge in [0.05, 0.1) is 11.5 Å². The van der Waals surface area contributed by atoms with Gasteiger partial charge in [0.25, 0.3) is 0 Å². The number of nitrogens with zero attached hydrogens (tertiary/aromatic N) is 3. The average molecular weight is 203 g/mol. The van der Waals surface area contributed by atoms with Crippen molar-refractivity contribution < 1.29 is 9.90 Å². The molecule has 0 aromatic carbocycles. The van der Waals surface area contributed by atoms with Crippen LogP contribution in [-0.4, -0.2) is 34.1 Å². The lowest BCUT2D eigenvalue weighted by Gasteiger charge is -2.36. The first kappa shape index (κ1) is 9.46. The van der Waals surface area contributed by atoms with Crippen LogP contribution in [0, 0.1) is 18.3 Å². The molecule has 2 rings (SSSR count). The van der Waals surface area contributed by atoms with Crippen molar-refractivity contribution >= 4 is 11.9 Å². The lowest BCUT2D eigenvalue weighted by Crippen LogP contribution is -2.51. The molecular formula is C10H9N3O2. The van der Waals surface area contributed by atoms with Gasteiger partial charge in [-0.25, -0.2) is 9.97 Å². The van der Waals surface area contributed by atoms with E-state index in [0.717, 1.165) is 0 Å². The van der Waals surface area contributed by atoms with Crippen LogP contribution in [0.1, 0.15) is 5.56 Å². The number of anilines is 1. The van der Waals surface area contributed by atoms with E-state index in [-0.39, 0.29) is 5.92 Å². The molecule has 5 heteroatoms. The van der Waals surface area contributed by atoms with Crippen molar-refractivity contribution in [3.05, 3.63) is 18.0 Å². The highest BCUT2D eigenvalue weighted by Crippen LogP contribution is 2.20. The summed E-state index contributed by atoms with van der Waals surface area (Å²) in [5.74, 6) is 1.88. The monoisotopic (exact) mass is 203 g/mol. The minimum Gasteiger partial charge on any atom is -0.481 e. The minimum absolute atomic E-state index is 0.305. The van der Waals surface area contributed by atoms with Gasteiger partial charge in [0.1, 0.15) is 0 Å². The molecule has 0 bridgehead atoms. The smallest absolute Gasteiger partial charge is 0.310 e. The fraction of sp³-hybridized carbons (Fsp3) is 0.300. The van der Waals surface area contributed by atoms with Gasteiger partial charge in [0.2, 0.25) is 5.95 Å². The quantitative estimate of drug-likeness (QED) is 0.684. The largest absolute Gasteiger partial charge is 0.481 e. The predicted octanol–water partition coefficient (Wildman–Crippen LogP) is -0.0213. The molecule has 1 N–H and O–H groups in total. The van der Waals surface area contributed by atoms with Crippen molar-refractivity contribution in [2.75, 3.05) is 18.0 Å². The Bertz CT molecular complexity index is 415. The Kier molecular flexibility index (Phi) is 2.26. The third kappa shape index (κ3) is 1.74. The summed E-state index contributed by atoms with van der Waals surface area (Å²) in [6.45, 7) is 0.926. The average Bonchev–Trinajstić information content (AvgIpc) is 2.16. The molecule has 0 amide bonds. The lowest BCUT2D eigenvalue weighted by atomic mass is 10.0. The van der Waals surface area contributed by atoms with Crippen LogP contribution in [0.15, 0.2) is 12.4 Å². The van der Waals surface area contributed by atoms with E-state index in [9.17, 15) is 4.79 Å². The molecule has 0 aliphatic carbocycles. The Labute approximate surface area is 86.8 Å². The summed E-state index contributed by atoms with van der Waals surface area (Å²) in [5.41, 5.74) is 0.619. The summed E-state index contributed by atoms with van der Waals surface area (Å²) in [4.78, 5) is 20.5. The number of aliphatic carboxylic acids is 1. The van der Waals surface area contributed by atoms with Crippen molar-refractivity contribution in [3.63, 3.8) is 0 Å². The third-order valence-corrected chi connectivity index (χ3v) is 2.32. The molecule has 0 radical (unpaired) electrons. The molecule has 1 aromatic rings. The fourth-order valence-corrected chi connectivity index (χ4v) is 1.36. The molecule has 0 saturated carbocycles. The Morgan fingerprint density at radius 2 is 2.13 bits per heavy atom. The number of aromatic nitrogens is 2. The minimum atomic E-state index is -0.772. The number of carboxylic acids is 1. The Morgan fingerprint density at radius 1 is 1.53 bits per heavy atom. The Balaban J connectivity index is 2.02. The van der Waals surface area contributed by atoms with Gasteiger partial charge in [-0.1, -0.05) is 5.92 Å². The van der Waals surface area contributed by atoms with Crippen LogP contribution in [0.3, 0.4) is 0 Å². The number of carboxylic acid groups (broad SMARTS) is 1. The number of terminal acetylenes is 1. The van der Waals surface area contributed by atoms with Crippen LogP contribution >= 0.6 is 0 Å². The molecule has 1 fully saturated rings.